The van der Waals surface area contributed by atoms with Crippen LogP contribution >= 0.6 is 27.5 Å². The molecule has 0 bridgehead atoms. The number of rotatable bonds is 2. The van der Waals surface area contributed by atoms with Gasteiger partial charge in [-0.3, -0.25) is 4.79 Å². The number of carbonyl (C=O) groups excluding carboxylic acids is 1. The Morgan fingerprint density at radius 3 is 2.83 bits per heavy atom. The summed E-state index contributed by atoms with van der Waals surface area (Å²) in [5, 5.41) is 1.46. The fraction of sp³-hybridized carbons (Fsp3) is 0. The third-order valence-corrected chi connectivity index (χ3v) is 3.35. The molecule has 3 rings (SSSR count). The van der Waals surface area contributed by atoms with Crippen LogP contribution in [0.1, 0.15) is 16.1 Å². The Bertz CT molecular complexity index is 744. The third kappa shape index (κ3) is 1.87. The number of furan rings is 1. The van der Waals surface area contributed by atoms with Gasteiger partial charge in [0.05, 0.1) is 5.56 Å². The van der Waals surface area contributed by atoms with Gasteiger partial charge in [0.15, 0.2) is 10.4 Å². The molecule has 3 nitrogen and oxygen atoms in total. The maximum Gasteiger partial charge on any atom is 0.230 e. The van der Waals surface area contributed by atoms with E-state index in [-0.39, 0.29) is 5.78 Å². The summed E-state index contributed by atoms with van der Waals surface area (Å²) in [6, 6.07) is 8.69. The van der Waals surface area contributed by atoms with E-state index in [2.05, 4.69) is 20.9 Å². The van der Waals surface area contributed by atoms with Crippen molar-refractivity contribution in [2.24, 2.45) is 0 Å². The van der Waals surface area contributed by atoms with Crippen molar-refractivity contribution < 1.29 is 9.21 Å². The number of fused-ring (bicyclic) bond motifs is 1. The zero-order valence-corrected chi connectivity index (χ0v) is 11.4. The predicted molar refractivity (Wildman–Crippen MR) is 73.1 cm³/mol. The summed E-state index contributed by atoms with van der Waals surface area (Å²) in [7, 11) is 0. The van der Waals surface area contributed by atoms with Gasteiger partial charge in [-0.25, -0.2) is 0 Å². The van der Waals surface area contributed by atoms with Gasteiger partial charge in [0, 0.05) is 22.1 Å². The monoisotopic (exact) mass is 323 g/mol. The minimum absolute atomic E-state index is 0.158. The van der Waals surface area contributed by atoms with E-state index in [9.17, 15) is 4.79 Å². The summed E-state index contributed by atoms with van der Waals surface area (Å²) < 4.78 is 5.80. The molecule has 0 aliphatic heterocycles. The Hall–Kier alpha value is -1.52. The van der Waals surface area contributed by atoms with Crippen molar-refractivity contribution in [3.8, 4) is 0 Å². The van der Waals surface area contributed by atoms with Gasteiger partial charge in [-0.15, -0.1) is 0 Å². The van der Waals surface area contributed by atoms with Crippen LogP contribution in [-0.2, 0) is 0 Å². The van der Waals surface area contributed by atoms with Gasteiger partial charge in [0.25, 0.3) is 0 Å². The number of halogens is 2. The molecule has 0 saturated heterocycles. The van der Waals surface area contributed by atoms with Crippen molar-refractivity contribution in [1.82, 2.24) is 4.98 Å². The molecule has 2 aromatic heterocycles. The van der Waals surface area contributed by atoms with E-state index in [4.69, 9.17) is 16.0 Å². The molecule has 18 heavy (non-hydrogen) atoms. The average molecular weight is 325 g/mol. The van der Waals surface area contributed by atoms with Crippen molar-refractivity contribution in [3.63, 3.8) is 0 Å². The van der Waals surface area contributed by atoms with Crippen molar-refractivity contribution in [3.05, 3.63) is 57.5 Å². The molecule has 0 saturated carbocycles. The summed E-state index contributed by atoms with van der Waals surface area (Å²) in [5.74, 6) is 0.145. The zero-order valence-electron chi connectivity index (χ0n) is 9.04. The Labute approximate surface area is 116 Å². The quantitative estimate of drug-likeness (QED) is 0.710. The predicted octanol–water partition coefficient (Wildman–Crippen LogP) is 4.41. The van der Waals surface area contributed by atoms with Crippen LogP contribution in [0.3, 0.4) is 0 Å². The molecule has 0 amide bonds. The van der Waals surface area contributed by atoms with Crippen LogP contribution in [0.15, 0.2) is 45.6 Å². The number of nitrogens with one attached hydrogen (secondary N) is 1. The van der Waals surface area contributed by atoms with Crippen molar-refractivity contribution in [2.75, 3.05) is 0 Å². The second-order valence-electron chi connectivity index (χ2n) is 3.83. The van der Waals surface area contributed by atoms with Crippen LogP contribution in [0.25, 0.3) is 10.9 Å². The highest BCUT2D eigenvalue weighted by Crippen LogP contribution is 2.25. The normalized spacial score (nSPS) is 11.0. The van der Waals surface area contributed by atoms with E-state index < -0.39 is 0 Å². The molecule has 0 spiro atoms. The first-order valence-electron chi connectivity index (χ1n) is 5.22. The topological polar surface area (TPSA) is 46.0 Å². The Morgan fingerprint density at radius 1 is 1.28 bits per heavy atom. The number of hydrogen-bond donors (Lipinski definition) is 1. The van der Waals surface area contributed by atoms with Gasteiger partial charge in [0.2, 0.25) is 5.78 Å². The van der Waals surface area contributed by atoms with E-state index in [0.717, 1.165) is 10.9 Å². The van der Waals surface area contributed by atoms with Crippen LogP contribution < -0.4 is 0 Å². The van der Waals surface area contributed by atoms with Gasteiger partial charge in [-0.2, -0.15) is 0 Å². The summed E-state index contributed by atoms with van der Waals surface area (Å²) in [6.45, 7) is 0. The number of carbonyl (C=O) groups is 1. The highest BCUT2D eigenvalue weighted by Gasteiger charge is 2.17. The van der Waals surface area contributed by atoms with Crippen LogP contribution in [0.4, 0.5) is 0 Å². The molecule has 1 aromatic carbocycles. The summed E-state index contributed by atoms with van der Waals surface area (Å²) in [5.41, 5.74) is 1.40. The summed E-state index contributed by atoms with van der Waals surface area (Å²) in [4.78, 5) is 15.3. The molecule has 0 unspecified atom stereocenters. The fourth-order valence-corrected chi connectivity index (χ4v) is 2.33. The maximum absolute atomic E-state index is 12.3. The van der Waals surface area contributed by atoms with E-state index in [1.165, 1.54) is 0 Å². The molecule has 0 aliphatic carbocycles. The first-order valence-corrected chi connectivity index (χ1v) is 6.39. The molecular formula is C13H7BrClNO2. The third-order valence-electron chi connectivity index (χ3n) is 2.69. The number of aromatic nitrogens is 1. The minimum atomic E-state index is -0.158. The molecule has 3 aromatic rings. The van der Waals surface area contributed by atoms with Gasteiger partial charge in [-0.05, 0) is 40.2 Å². The summed E-state index contributed by atoms with van der Waals surface area (Å²) >= 11 is 9.08. The average Bonchev–Trinajstić information content (AvgIpc) is 2.94. The second kappa shape index (κ2) is 4.30. The molecule has 2 heterocycles. The first kappa shape index (κ1) is 11.6. The number of aromatic amines is 1. The van der Waals surface area contributed by atoms with Crippen molar-refractivity contribution >= 4 is 44.2 Å². The standard InChI is InChI=1S/C13H7BrClNO2/c14-12-4-3-11(18-12)13(17)9-6-16-10-5-7(15)1-2-8(9)10/h1-6,16H. The van der Waals surface area contributed by atoms with Crippen LogP contribution in [0.2, 0.25) is 5.02 Å². The lowest BCUT2D eigenvalue weighted by atomic mass is 10.1. The SMILES string of the molecule is O=C(c1ccc(Br)o1)c1c[nH]c2cc(Cl)ccc12. The van der Waals surface area contributed by atoms with E-state index in [0.29, 0.717) is 21.0 Å². The van der Waals surface area contributed by atoms with Gasteiger partial charge < -0.3 is 9.40 Å². The maximum atomic E-state index is 12.3. The molecule has 0 radical (unpaired) electrons. The molecule has 5 heteroatoms. The molecule has 0 fully saturated rings. The van der Waals surface area contributed by atoms with E-state index >= 15 is 0 Å². The molecule has 0 aliphatic rings. The first-order chi connectivity index (χ1) is 8.65. The fourth-order valence-electron chi connectivity index (χ4n) is 1.86. The largest absolute Gasteiger partial charge is 0.446 e. The van der Waals surface area contributed by atoms with Crippen LogP contribution in [-0.4, -0.2) is 10.8 Å². The lowest BCUT2D eigenvalue weighted by molar-refractivity contribution is 0.101. The lowest BCUT2D eigenvalue weighted by Crippen LogP contribution is -1.97. The summed E-state index contributed by atoms with van der Waals surface area (Å²) in [6.07, 6.45) is 1.67. The highest BCUT2D eigenvalue weighted by molar-refractivity contribution is 9.10. The zero-order chi connectivity index (χ0) is 12.7. The lowest BCUT2D eigenvalue weighted by Gasteiger charge is -1.96. The number of hydrogen-bond acceptors (Lipinski definition) is 2. The highest BCUT2D eigenvalue weighted by atomic mass is 79.9. The second-order valence-corrected chi connectivity index (χ2v) is 5.04. The van der Waals surface area contributed by atoms with Crippen LogP contribution in [0, 0.1) is 0 Å². The Kier molecular flexibility index (Phi) is 2.76. The van der Waals surface area contributed by atoms with Crippen molar-refractivity contribution in [2.45, 2.75) is 0 Å². The Morgan fingerprint density at radius 2 is 2.11 bits per heavy atom. The van der Waals surface area contributed by atoms with Crippen LogP contribution in [0.5, 0.6) is 0 Å². The number of H-pyrrole nitrogens is 1. The Balaban J connectivity index is 2.12. The molecular weight excluding hydrogens is 318 g/mol. The molecule has 0 atom stereocenters. The number of benzene rings is 1. The number of ketones is 1. The van der Waals surface area contributed by atoms with E-state index in [1.54, 1.807) is 30.5 Å². The smallest absolute Gasteiger partial charge is 0.230 e. The van der Waals surface area contributed by atoms with E-state index in [1.807, 2.05) is 6.07 Å². The van der Waals surface area contributed by atoms with Gasteiger partial charge >= 0.3 is 0 Å². The van der Waals surface area contributed by atoms with Gasteiger partial charge in [-0.1, -0.05) is 17.7 Å². The minimum Gasteiger partial charge on any atom is -0.446 e. The van der Waals surface area contributed by atoms with Crippen molar-refractivity contribution in [1.29, 1.82) is 0 Å². The van der Waals surface area contributed by atoms with Gasteiger partial charge in [0.1, 0.15) is 0 Å². The molecule has 1 N–H and O–H groups in total. The molecule has 90 valence electrons.